The van der Waals surface area contributed by atoms with Crippen molar-refractivity contribution in [2.45, 2.75) is 25.7 Å². The van der Waals surface area contributed by atoms with Gasteiger partial charge in [-0.1, -0.05) is 30.3 Å². The molecule has 1 unspecified atom stereocenters. The second kappa shape index (κ2) is 8.54. The molecule has 0 spiro atoms. The predicted molar refractivity (Wildman–Crippen MR) is 84.2 cm³/mol. The zero-order chi connectivity index (χ0) is 15.8. The van der Waals surface area contributed by atoms with Crippen molar-refractivity contribution in [3.8, 4) is 0 Å². The minimum Gasteiger partial charge on any atom is -0.396 e. The molecule has 5 heteroatoms. The van der Waals surface area contributed by atoms with Crippen LogP contribution in [-0.2, 0) is 16.0 Å². The summed E-state index contributed by atoms with van der Waals surface area (Å²) in [4.78, 5) is 25.7. The summed E-state index contributed by atoms with van der Waals surface area (Å²) >= 11 is 0. The molecule has 1 atom stereocenters. The minimum absolute atomic E-state index is 0.0539. The van der Waals surface area contributed by atoms with E-state index < -0.39 is 0 Å². The van der Waals surface area contributed by atoms with Gasteiger partial charge in [-0.2, -0.15) is 0 Å². The van der Waals surface area contributed by atoms with Gasteiger partial charge in [-0.25, -0.2) is 0 Å². The van der Waals surface area contributed by atoms with E-state index in [1.165, 1.54) is 0 Å². The lowest BCUT2D eigenvalue weighted by molar-refractivity contribution is -0.133. The van der Waals surface area contributed by atoms with Gasteiger partial charge >= 0.3 is 0 Å². The van der Waals surface area contributed by atoms with Gasteiger partial charge in [0.2, 0.25) is 11.8 Å². The number of aliphatic hydroxyl groups is 1. The Balaban J connectivity index is 1.67. The number of aliphatic hydroxyl groups excluding tert-OH is 1. The number of piperidine rings is 1. The van der Waals surface area contributed by atoms with E-state index in [0.717, 1.165) is 24.9 Å². The van der Waals surface area contributed by atoms with E-state index in [1.807, 2.05) is 30.3 Å². The maximum Gasteiger partial charge on any atom is 0.224 e. The smallest absolute Gasteiger partial charge is 0.224 e. The number of likely N-dealkylation sites (tertiary alicyclic amines) is 1. The van der Waals surface area contributed by atoms with E-state index in [1.54, 1.807) is 4.90 Å². The van der Waals surface area contributed by atoms with Crippen molar-refractivity contribution in [3.05, 3.63) is 35.9 Å². The van der Waals surface area contributed by atoms with Gasteiger partial charge in [0, 0.05) is 32.7 Å². The average Bonchev–Trinajstić information content (AvgIpc) is 2.55. The highest BCUT2D eigenvalue weighted by Crippen LogP contribution is 2.16. The van der Waals surface area contributed by atoms with Gasteiger partial charge in [0.25, 0.3) is 0 Å². The van der Waals surface area contributed by atoms with Crippen LogP contribution in [0.2, 0.25) is 0 Å². The van der Waals surface area contributed by atoms with Gasteiger partial charge in [0.15, 0.2) is 0 Å². The Morgan fingerprint density at radius 2 is 2.05 bits per heavy atom. The largest absolute Gasteiger partial charge is 0.396 e. The van der Waals surface area contributed by atoms with Crippen molar-refractivity contribution < 1.29 is 14.7 Å². The molecule has 1 fully saturated rings. The normalized spacial score (nSPS) is 18.0. The number of carbonyl (C=O) groups is 2. The van der Waals surface area contributed by atoms with Crippen LogP contribution in [0.5, 0.6) is 0 Å². The van der Waals surface area contributed by atoms with Crippen LogP contribution in [0.15, 0.2) is 30.3 Å². The molecule has 0 aliphatic carbocycles. The monoisotopic (exact) mass is 304 g/mol. The lowest BCUT2D eigenvalue weighted by Crippen LogP contribution is -2.42. The number of nitrogens with zero attached hydrogens (tertiary/aromatic N) is 1. The summed E-state index contributed by atoms with van der Waals surface area (Å²) in [5, 5.41) is 12.0. The van der Waals surface area contributed by atoms with Gasteiger partial charge in [0.1, 0.15) is 0 Å². The van der Waals surface area contributed by atoms with Crippen LogP contribution >= 0.6 is 0 Å². The number of rotatable bonds is 6. The van der Waals surface area contributed by atoms with Crippen molar-refractivity contribution in [1.82, 2.24) is 10.2 Å². The van der Waals surface area contributed by atoms with E-state index in [9.17, 15) is 14.7 Å². The zero-order valence-electron chi connectivity index (χ0n) is 12.8. The summed E-state index contributed by atoms with van der Waals surface area (Å²) < 4.78 is 0. The van der Waals surface area contributed by atoms with Crippen LogP contribution in [0.3, 0.4) is 0 Å². The minimum atomic E-state index is -0.0640. The Labute approximate surface area is 131 Å². The SMILES string of the molecule is O=C(Cc1ccccc1)NCCC(=O)N1CCCC(CO)C1. The van der Waals surface area contributed by atoms with Gasteiger partial charge in [-0.15, -0.1) is 0 Å². The highest BCUT2D eigenvalue weighted by molar-refractivity contribution is 5.80. The number of nitrogens with one attached hydrogen (secondary N) is 1. The maximum absolute atomic E-state index is 12.1. The molecule has 0 bridgehead atoms. The fourth-order valence-electron chi connectivity index (χ4n) is 2.75. The second-order valence-electron chi connectivity index (χ2n) is 5.79. The quantitative estimate of drug-likeness (QED) is 0.822. The van der Waals surface area contributed by atoms with Crippen molar-refractivity contribution in [2.75, 3.05) is 26.2 Å². The average molecular weight is 304 g/mol. The Kier molecular flexibility index (Phi) is 6.40. The van der Waals surface area contributed by atoms with E-state index >= 15 is 0 Å². The van der Waals surface area contributed by atoms with E-state index in [0.29, 0.717) is 25.9 Å². The second-order valence-corrected chi connectivity index (χ2v) is 5.79. The highest BCUT2D eigenvalue weighted by atomic mass is 16.3. The van der Waals surface area contributed by atoms with Gasteiger partial charge < -0.3 is 15.3 Å². The fourth-order valence-corrected chi connectivity index (χ4v) is 2.75. The first-order chi connectivity index (χ1) is 10.7. The van der Waals surface area contributed by atoms with Crippen molar-refractivity contribution in [3.63, 3.8) is 0 Å². The fraction of sp³-hybridized carbons (Fsp3) is 0.529. The molecule has 120 valence electrons. The molecule has 0 saturated carbocycles. The Hall–Kier alpha value is -1.88. The lowest BCUT2D eigenvalue weighted by atomic mass is 9.99. The highest BCUT2D eigenvalue weighted by Gasteiger charge is 2.22. The number of hydrogen-bond donors (Lipinski definition) is 2. The van der Waals surface area contributed by atoms with Crippen molar-refractivity contribution in [2.24, 2.45) is 5.92 Å². The van der Waals surface area contributed by atoms with Gasteiger partial charge in [-0.3, -0.25) is 9.59 Å². The molecule has 1 aromatic carbocycles. The molecule has 0 radical (unpaired) electrons. The Morgan fingerprint density at radius 3 is 2.77 bits per heavy atom. The molecule has 5 nitrogen and oxygen atoms in total. The molecule has 22 heavy (non-hydrogen) atoms. The molecule has 2 N–H and O–H groups in total. The third-order valence-corrected chi connectivity index (χ3v) is 4.00. The summed E-state index contributed by atoms with van der Waals surface area (Å²) in [5.74, 6) is 0.189. The molecular weight excluding hydrogens is 280 g/mol. The van der Waals surface area contributed by atoms with Crippen LogP contribution in [0.1, 0.15) is 24.8 Å². The summed E-state index contributed by atoms with van der Waals surface area (Å²) in [5.41, 5.74) is 0.966. The molecule has 0 aromatic heterocycles. The van der Waals surface area contributed by atoms with Crippen molar-refractivity contribution in [1.29, 1.82) is 0 Å². The van der Waals surface area contributed by atoms with Crippen LogP contribution < -0.4 is 5.32 Å². The Morgan fingerprint density at radius 1 is 1.27 bits per heavy atom. The first-order valence-electron chi connectivity index (χ1n) is 7.88. The number of amides is 2. The third kappa shape index (κ3) is 5.15. The standard InChI is InChI=1S/C17H24N2O3/c20-13-15-7-4-10-19(12-15)17(22)8-9-18-16(21)11-14-5-2-1-3-6-14/h1-3,5-6,15,20H,4,7-13H2,(H,18,21). The first kappa shape index (κ1) is 16.5. The molecular formula is C17H24N2O3. The maximum atomic E-state index is 12.1. The number of hydrogen-bond acceptors (Lipinski definition) is 3. The summed E-state index contributed by atoms with van der Waals surface area (Å²) in [6.07, 6.45) is 2.58. The molecule has 1 heterocycles. The van der Waals surface area contributed by atoms with Gasteiger partial charge in [-0.05, 0) is 24.3 Å². The van der Waals surface area contributed by atoms with E-state index in [-0.39, 0.29) is 24.3 Å². The van der Waals surface area contributed by atoms with E-state index in [2.05, 4.69) is 5.32 Å². The van der Waals surface area contributed by atoms with Crippen molar-refractivity contribution >= 4 is 11.8 Å². The first-order valence-corrected chi connectivity index (χ1v) is 7.88. The topological polar surface area (TPSA) is 69.6 Å². The molecule has 1 aliphatic rings. The summed E-state index contributed by atoms with van der Waals surface area (Å²) in [7, 11) is 0. The summed E-state index contributed by atoms with van der Waals surface area (Å²) in [6.45, 7) is 1.89. The molecule has 2 amide bonds. The molecule has 1 aliphatic heterocycles. The van der Waals surface area contributed by atoms with Crippen LogP contribution in [-0.4, -0.2) is 48.1 Å². The third-order valence-electron chi connectivity index (χ3n) is 4.00. The molecule has 2 rings (SSSR count). The lowest BCUT2D eigenvalue weighted by Gasteiger charge is -2.32. The summed E-state index contributed by atoms with van der Waals surface area (Å²) in [6, 6.07) is 9.54. The van der Waals surface area contributed by atoms with Crippen LogP contribution in [0.25, 0.3) is 0 Å². The Bertz CT molecular complexity index is 490. The molecule has 1 saturated heterocycles. The molecule has 1 aromatic rings. The zero-order valence-corrected chi connectivity index (χ0v) is 12.8. The van der Waals surface area contributed by atoms with Crippen LogP contribution in [0.4, 0.5) is 0 Å². The van der Waals surface area contributed by atoms with E-state index in [4.69, 9.17) is 0 Å². The predicted octanol–water partition coefficient (Wildman–Crippen LogP) is 0.966. The van der Waals surface area contributed by atoms with Crippen LogP contribution in [0, 0.1) is 5.92 Å². The number of benzene rings is 1. The number of carbonyl (C=O) groups excluding carboxylic acids is 2. The van der Waals surface area contributed by atoms with Gasteiger partial charge in [0.05, 0.1) is 6.42 Å².